The van der Waals surface area contributed by atoms with Crippen LogP contribution in [0.15, 0.2) is 48.6 Å². The molecule has 0 fully saturated rings. The number of carbonyl (C=O) groups is 1. The third kappa shape index (κ3) is 5.01. The Morgan fingerprint density at radius 1 is 1.32 bits per heavy atom. The van der Waals surface area contributed by atoms with Crippen molar-refractivity contribution >= 4 is 17.7 Å². The van der Waals surface area contributed by atoms with E-state index in [-0.39, 0.29) is 11.3 Å². The quantitative estimate of drug-likeness (QED) is 0.417. The van der Waals surface area contributed by atoms with E-state index in [1.807, 2.05) is 45.0 Å². The fraction of sp³-hybridized carbons (Fsp3) is 0.217. The lowest BCUT2D eigenvalue weighted by atomic mass is 10.0. The molecule has 0 radical (unpaired) electrons. The number of aromatic hydroxyl groups is 1. The lowest BCUT2D eigenvalue weighted by molar-refractivity contribution is -0.112. The minimum Gasteiger partial charge on any atom is -0.504 e. The van der Waals surface area contributed by atoms with E-state index in [4.69, 9.17) is 4.74 Å². The Morgan fingerprint density at radius 3 is 2.68 bits per heavy atom. The Morgan fingerprint density at radius 2 is 2.07 bits per heavy atom. The highest BCUT2D eigenvalue weighted by Crippen LogP contribution is 2.33. The van der Waals surface area contributed by atoms with Crippen LogP contribution in [0.25, 0.3) is 6.08 Å². The standard InChI is InChI=1S/C23H24N2O3/c1-5-7-18-11-17(13-21(22(18)26)28-6-2)12-19(14-24)23(27)25-20-9-8-15(3)10-16(20)4/h5,8-13,26H,1,6-7H2,2-4H3,(H,25,27)/b19-12-. The molecule has 2 aromatic carbocycles. The van der Waals surface area contributed by atoms with E-state index < -0.39 is 5.91 Å². The van der Waals surface area contributed by atoms with Gasteiger partial charge in [-0.2, -0.15) is 5.26 Å². The van der Waals surface area contributed by atoms with Gasteiger partial charge in [-0.25, -0.2) is 0 Å². The van der Waals surface area contributed by atoms with E-state index in [1.165, 1.54) is 6.08 Å². The van der Waals surface area contributed by atoms with E-state index in [9.17, 15) is 15.2 Å². The van der Waals surface area contributed by atoms with Gasteiger partial charge in [0.25, 0.3) is 5.91 Å². The Labute approximate surface area is 165 Å². The topological polar surface area (TPSA) is 82.4 Å². The molecule has 1 amide bonds. The van der Waals surface area contributed by atoms with Crippen LogP contribution in [0.2, 0.25) is 0 Å². The molecule has 0 saturated carbocycles. The summed E-state index contributed by atoms with van der Waals surface area (Å²) in [6.45, 7) is 9.75. The first-order valence-corrected chi connectivity index (χ1v) is 8.99. The summed E-state index contributed by atoms with van der Waals surface area (Å²) >= 11 is 0. The van der Waals surface area contributed by atoms with Crippen molar-refractivity contribution in [1.82, 2.24) is 0 Å². The maximum absolute atomic E-state index is 12.6. The summed E-state index contributed by atoms with van der Waals surface area (Å²) in [5, 5.41) is 22.5. The van der Waals surface area contributed by atoms with Gasteiger partial charge in [0.2, 0.25) is 0 Å². The van der Waals surface area contributed by atoms with Gasteiger partial charge in [0.1, 0.15) is 11.6 Å². The van der Waals surface area contributed by atoms with E-state index in [2.05, 4.69) is 11.9 Å². The molecule has 5 nitrogen and oxygen atoms in total. The smallest absolute Gasteiger partial charge is 0.266 e. The van der Waals surface area contributed by atoms with Crippen LogP contribution in [-0.4, -0.2) is 17.6 Å². The number of benzene rings is 2. The SMILES string of the molecule is C=CCc1cc(/C=C(/C#N)C(=O)Nc2ccc(C)cc2C)cc(OCC)c1O. The number of phenols is 1. The van der Waals surface area contributed by atoms with Crippen molar-refractivity contribution in [3.63, 3.8) is 0 Å². The van der Waals surface area contributed by atoms with E-state index in [1.54, 1.807) is 18.2 Å². The average Bonchev–Trinajstić information content (AvgIpc) is 2.65. The summed E-state index contributed by atoms with van der Waals surface area (Å²) < 4.78 is 5.47. The second-order valence-corrected chi connectivity index (χ2v) is 6.39. The number of hydrogen-bond acceptors (Lipinski definition) is 4. The largest absolute Gasteiger partial charge is 0.504 e. The molecule has 0 bridgehead atoms. The van der Waals surface area contributed by atoms with Crippen molar-refractivity contribution in [2.75, 3.05) is 11.9 Å². The number of allylic oxidation sites excluding steroid dienone is 1. The molecular formula is C23H24N2O3. The molecule has 2 N–H and O–H groups in total. The van der Waals surface area contributed by atoms with Gasteiger partial charge in [-0.05, 0) is 62.6 Å². The molecule has 0 aromatic heterocycles. The molecule has 0 unspecified atom stereocenters. The van der Waals surface area contributed by atoms with Crippen molar-refractivity contribution in [2.24, 2.45) is 0 Å². The maximum atomic E-state index is 12.6. The van der Waals surface area contributed by atoms with Crippen LogP contribution >= 0.6 is 0 Å². The van der Waals surface area contributed by atoms with Gasteiger partial charge in [0.05, 0.1) is 6.61 Å². The molecule has 0 aliphatic heterocycles. The first-order valence-electron chi connectivity index (χ1n) is 8.99. The molecule has 2 rings (SSSR count). The fourth-order valence-corrected chi connectivity index (χ4v) is 2.81. The summed E-state index contributed by atoms with van der Waals surface area (Å²) in [6.07, 6.45) is 3.58. The van der Waals surface area contributed by atoms with Crippen LogP contribution in [0.4, 0.5) is 5.69 Å². The number of hydrogen-bond donors (Lipinski definition) is 2. The predicted molar refractivity (Wildman–Crippen MR) is 111 cm³/mol. The average molecular weight is 376 g/mol. The second kappa shape index (κ2) is 9.43. The minimum atomic E-state index is -0.495. The minimum absolute atomic E-state index is 0.0390. The van der Waals surface area contributed by atoms with Crippen LogP contribution in [0.5, 0.6) is 11.5 Å². The number of nitrogens with one attached hydrogen (secondary N) is 1. The molecule has 0 heterocycles. The zero-order valence-electron chi connectivity index (χ0n) is 16.4. The zero-order chi connectivity index (χ0) is 20.7. The number of amides is 1. The summed E-state index contributed by atoms with van der Waals surface area (Å²) in [5.41, 5.74) is 3.82. The Balaban J connectivity index is 2.38. The van der Waals surface area contributed by atoms with E-state index in [0.717, 1.165) is 11.1 Å². The van der Waals surface area contributed by atoms with E-state index >= 15 is 0 Å². The van der Waals surface area contributed by atoms with Crippen LogP contribution in [0.3, 0.4) is 0 Å². The van der Waals surface area contributed by atoms with Crippen LogP contribution in [-0.2, 0) is 11.2 Å². The zero-order valence-corrected chi connectivity index (χ0v) is 16.4. The first kappa shape index (κ1) is 20.8. The number of nitriles is 1. The van der Waals surface area contributed by atoms with Crippen molar-refractivity contribution in [3.05, 3.63) is 70.8 Å². The van der Waals surface area contributed by atoms with Gasteiger partial charge in [0.15, 0.2) is 11.5 Å². The number of carbonyl (C=O) groups excluding carboxylic acids is 1. The highest BCUT2D eigenvalue weighted by atomic mass is 16.5. The predicted octanol–water partition coefficient (Wildman–Crippen LogP) is 4.68. The maximum Gasteiger partial charge on any atom is 0.266 e. The lowest BCUT2D eigenvalue weighted by Crippen LogP contribution is -2.14. The normalized spacial score (nSPS) is 10.9. The summed E-state index contributed by atoms with van der Waals surface area (Å²) in [7, 11) is 0. The molecule has 0 atom stereocenters. The number of ether oxygens (including phenoxy) is 1. The Hall–Kier alpha value is -3.52. The van der Waals surface area contributed by atoms with Gasteiger partial charge >= 0.3 is 0 Å². The molecular weight excluding hydrogens is 352 g/mol. The third-order valence-electron chi connectivity index (χ3n) is 4.15. The molecule has 2 aromatic rings. The number of aryl methyl sites for hydroxylation is 2. The van der Waals surface area contributed by atoms with Crippen LogP contribution in [0, 0.1) is 25.2 Å². The van der Waals surface area contributed by atoms with Crippen molar-refractivity contribution < 1.29 is 14.6 Å². The highest BCUT2D eigenvalue weighted by molar-refractivity contribution is 6.10. The van der Waals surface area contributed by atoms with Crippen LogP contribution < -0.4 is 10.1 Å². The molecule has 144 valence electrons. The van der Waals surface area contributed by atoms with Gasteiger partial charge in [-0.1, -0.05) is 23.8 Å². The molecule has 0 aliphatic rings. The second-order valence-electron chi connectivity index (χ2n) is 6.39. The van der Waals surface area contributed by atoms with Crippen LogP contribution in [0.1, 0.15) is 29.2 Å². The summed E-state index contributed by atoms with van der Waals surface area (Å²) in [6, 6.07) is 10.9. The molecule has 0 spiro atoms. The van der Waals surface area contributed by atoms with Gasteiger partial charge in [-0.15, -0.1) is 6.58 Å². The summed E-state index contributed by atoms with van der Waals surface area (Å²) in [4.78, 5) is 12.6. The van der Waals surface area contributed by atoms with E-state index in [0.29, 0.717) is 35.6 Å². The first-order chi connectivity index (χ1) is 13.4. The van der Waals surface area contributed by atoms with Crippen molar-refractivity contribution in [2.45, 2.75) is 27.2 Å². The monoisotopic (exact) mass is 376 g/mol. The number of nitrogens with zero attached hydrogens (tertiary/aromatic N) is 1. The lowest BCUT2D eigenvalue weighted by Gasteiger charge is -2.12. The van der Waals surface area contributed by atoms with Gasteiger partial charge in [0, 0.05) is 11.3 Å². The summed E-state index contributed by atoms with van der Waals surface area (Å²) in [5.74, 6) is -0.150. The molecule has 0 saturated heterocycles. The van der Waals surface area contributed by atoms with Gasteiger partial charge < -0.3 is 15.2 Å². The third-order valence-corrected chi connectivity index (χ3v) is 4.15. The molecule has 28 heavy (non-hydrogen) atoms. The highest BCUT2D eigenvalue weighted by Gasteiger charge is 2.14. The Kier molecular flexibility index (Phi) is 7.00. The number of anilines is 1. The van der Waals surface area contributed by atoms with Gasteiger partial charge in [-0.3, -0.25) is 4.79 Å². The number of phenolic OH excluding ortho intramolecular Hbond substituents is 1. The van der Waals surface area contributed by atoms with Crippen molar-refractivity contribution in [1.29, 1.82) is 5.26 Å². The fourth-order valence-electron chi connectivity index (χ4n) is 2.81. The molecule has 0 aliphatic carbocycles. The van der Waals surface area contributed by atoms with Crippen molar-refractivity contribution in [3.8, 4) is 17.6 Å². The Bertz CT molecular complexity index is 969. The number of rotatable bonds is 7. The molecule has 5 heteroatoms.